The zero-order chi connectivity index (χ0) is 29.2. The van der Waals surface area contributed by atoms with E-state index in [1.807, 2.05) is 0 Å². The molecule has 2 heterocycles. The number of amidine groups is 1. The monoisotopic (exact) mass is 655 g/mol. The molecule has 0 N–H and O–H groups in total. The van der Waals surface area contributed by atoms with E-state index in [1.165, 1.54) is 22.0 Å². The number of allylic oxidation sites excluding steroid dienone is 4. The first-order chi connectivity index (χ1) is 16.6. The minimum atomic E-state index is -5.46. The number of carbonyl (C=O) groups excluding carboxylic acids is 2. The SMILES string of the molecule is O=C(/C=C(\[O-])C(F)(F)F)C(F)(F)F.O=C(/C=C(\[O-])C(F)(F)F)C(F)(F)F.[Ni+3].c1cnc(C2=NSS[N-]2)nc1. The summed E-state index contributed by atoms with van der Waals surface area (Å²) in [6.07, 6.45) is -20.5. The minimum Gasteiger partial charge on any atom is -0.869 e. The first kappa shape index (κ1) is 37.5. The molecule has 23 heteroatoms. The fourth-order valence-corrected chi connectivity index (χ4v) is 2.31. The van der Waals surface area contributed by atoms with E-state index in [-0.39, 0.29) is 16.5 Å². The number of hydrogen-bond donors (Lipinski definition) is 0. The van der Waals surface area contributed by atoms with E-state index in [2.05, 4.69) is 19.1 Å². The van der Waals surface area contributed by atoms with E-state index in [0.717, 1.165) is 0 Å². The number of aromatic nitrogens is 2. The summed E-state index contributed by atoms with van der Waals surface area (Å²) in [4.78, 5) is 27.6. The summed E-state index contributed by atoms with van der Waals surface area (Å²) in [5.74, 6) is -10.1. The van der Waals surface area contributed by atoms with Gasteiger partial charge in [-0.3, -0.25) is 9.59 Å². The van der Waals surface area contributed by atoms with Gasteiger partial charge in [-0.2, -0.15) is 52.7 Å². The fraction of sp³-hybridized carbons (Fsp3) is 0.267. The van der Waals surface area contributed by atoms with E-state index in [4.69, 9.17) is 0 Å². The molecular weight excluding hydrogens is 651 g/mol. The average Bonchev–Trinajstić information content (AvgIpc) is 3.27. The van der Waals surface area contributed by atoms with E-state index >= 15 is 0 Å². The van der Waals surface area contributed by atoms with Gasteiger partial charge in [-0.1, -0.05) is 22.0 Å². The summed E-state index contributed by atoms with van der Waals surface area (Å²) < 4.78 is 144. The first-order valence-corrected chi connectivity index (χ1v) is 10.2. The van der Waals surface area contributed by atoms with Crippen LogP contribution >= 0.6 is 22.0 Å². The Morgan fingerprint density at radius 1 is 0.737 bits per heavy atom. The second kappa shape index (κ2) is 15.1. The number of hydrogen-bond acceptors (Lipinski definition) is 9. The van der Waals surface area contributed by atoms with Gasteiger partial charge >= 0.3 is 41.2 Å². The van der Waals surface area contributed by atoms with Gasteiger partial charge in [0.25, 0.3) is 11.6 Å². The van der Waals surface area contributed by atoms with Gasteiger partial charge in [-0.25, -0.2) is 9.97 Å². The van der Waals surface area contributed by atoms with Crippen molar-refractivity contribution in [2.45, 2.75) is 24.7 Å². The van der Waals surface area contributed by atoms with Crippen LogP contribution in [0.15, 0.2) is 46.5 Å². The van der Waals surface area contributed by atoms with E-state index < -0.39 is 59.9 Å². The van der Waals surface area contributed by atoms with Crippen LogP contribution in [-0.4, -0.2) is 52.1 Å². The number of rotatable bonds is 3. The summed E-state index contributed by atoms with van der Waals surface area (Å²) in [7, 11) is 2.67. The Morgan fingerprint density at radius 2 is 1.11 bits per heavy atom. The van der Waals surface area contributed by atoms with Crippen molar-refractivity contribution in [3.63, 3.8) is 0 Å². The first-order valence-electron chi connectivity index (χ1n) is 8.10. The molecule has 0 atom stereocenters. The molecule has 0 aliphatic carbocycles. The van der Waals surface area contributed by atoms with Crippen molar-refractivity contribution in [2.75, 3.05) is 0 Å². The Hall–Kier alpha value is -2.68. The summed E-state index contributed by atoms with van der Waals surface area (Å²) in [5, 5.41) is 19.6. The normalized spacial score (nSPS) is 14.5. The van der Waals surface area contributed by atoms with E-state index in [1.54, 1.807) is 18.5 Å². The summed E-state index contributed by atoms with van der Waals surface area (Å²) in [5.41, 5.74) is 0. The van der Waals surface area contributed by atoms with Gasteiger partial charge in [-0.05, 0) is 35.6 Å². The smallest absolute Gasteiger partial charge is 0.869 e. The predicted octanol–water partition coefficient (Wildman–Crippen LogP) is 3.67. The Kier molecular flexibility index (Phi) is 14.8. The molecule has 0 unspecified atom stereocenters. The molecule has 2 rings (SSSR count). The molecule has 1 aliphatic heterocycles. The van der Waals surface area contributed by atoms with E-state index in [9.17, 15) is 72.5 Å². The van der Waals surface area contributed by atoms with Crippen molar-refractivity contribution < 1.29 is 89.0 Å². The number of carbonyl (C=O) groups is 2. The van der Waals surface area contributed by atoms with Crippen LogP contribution < -0.4 is 10.2 Å². The summed E-state index contributed by atoms with van der Waals surface area (Å²) >= 11 is 0. The maximum Gasteiger partial charge on any atom is 3.00 e. The van der Waals surface area contributed by atoms with Crippen molar-refractivity contribution in [3.8, 4) is 0 Å². The Morgan fingerprint density at radius 3 is 1.37 bits per heavy atom. The van der Waals surface area contributed by atoms with Gasteiger partial charge in [0.15, 0.2) is 5.82 Å². The molecule has 38 heavy (non-hydrogen) atoms. The largest absolute Gasteiger partial charge is 3.00 e. The van der Waals surface area contributed by atoms with Crippen molar-refractivity contribution in [2.24, 2.45) is 4.40 Å². The third kappa shape index (κ3) is 14.9. The molecule has 0 saturated carbocycles. The topological polar surface area (TPSA) is 132 Å². The molecule has 8 nitrogen and oxygen atoms in total. The molecule has 1 aliphatic rings. The van der Waals surface area contributed by atoms with Crippen molar-refractivity contribution in [3.05, 3.63) is 52.7 Å². The molecule has 1 radical (unpaired) electrons. The Balaban J connectivity index is 0. The molecule has 0 aromatic carbocycles. The summed E-state index contributed by atoms with van der Waals surface area (Å²) in [6, 6.07) is 1.76. The molecule has 215 valence electrons. The maximum absolute atomic E-state index is 11.3. The van der Waals surface area contributed by atoms with Crippen LogP contribution in [0.25, 0.3) is 4.72 Å². The predicted molar refractivity (Wildman–Crippen MR) is 97.5 cm³/mol. The van der Waals surface area contributed by atoms with Gasteiger partial charge in [-0.15, -0.1) is 0 Å². The standard InChI is InChI=1S/2C5H2F6O2.C5H3N4S2.Ni/c2*6-4(7,8)2(12)1-3(13)5(9,10)11;1-2-6-4(7-3-1)5-8-10-11-9-5;/h2*1,12H;1-3H;/q;;-1;+3/p-2/b2*2-1-;;. The van der Waals surface area contributed by atoms with Crippen LogP contribution in [0.2, 0.25) is 0 Å². The molecule has 1 aromatic rings. The zero-order valence-electron chi connectivity index (χ0n) is 17.0. The summed E-state index contributed by atoms with van der Waals surface area (Å²) in [6.45, 7) is 0. The number of ketones is 2. The van der Waals surface area contributed by atoms with Crippen LogP contribution in [0.5, 0.6) is 0 Å². The van der Waals surface area contributed by atoms with Crippen LogP contribution in [-0.2, 0) is 26.1 Å². The molecule has 1 aromatic heterocycles. The van der Waals surface area contributed by atoms with Gasteiger partial charge in [0.1, 0.15) is 0 Å². The average molecular weight is 656 g/mol. The van der Waals surface area contributed by atoms with Crippen molar-refractivity contribution in [1.82, 2.24) is 9.97 Å². The number of alkyl halides is 12. The van der Waals surface area contributed by atoms with Crippen molar-refractivity contribution >= 4 is 39.4 Å². The van der Waals surface area contributed by atoms with Gasteiger partial charge in [0, 0.05) is 12.4 Å². The second-order valence-corrected chi connectivity index (χ2v) is 7.02. The molecule has 0 saturated heterocycles. The van der Waals surface area contributed by atoms with Crippen LogP contribution in [0, 0.1) is 0 Å². The van der Waals surface area contributed by atoms with Gasteiger partial charge < -0.3 is 19.3 Å². The molecule has 0 spiro atoms. The Labute approximate surface area is 220 Å². The number of nitrogens with zero attached hydrogens (tertiary/aromatic N) is 4. The maximum atomic E-state index is 11.3. The fourth-order valence-electron chi connectivity index (χ4n) is 1.18. The molecule has 0 fully saturated rings. The minimum absolute atomic E-state index is 0. The zero-order valence-corrected chi connectivity index (χ0v) is 19.6. The molecule has 0 bridgehead atoms. The third-order valence-corrected chi connectivity index (χ3v) is 3.90. The third-order valence-electron chi connectivity index (χ3n) is 2.69. The van der Waals surface area contributed by atoms with E-state index in [0.29, 0.717) is 11.7 Å². The second-order valence-electron chi connectivity index (χ2n) is 5.46. The molecule has 0 amide bonds. The van der Waals surface area contributed by atoms with Crippen LogP contribution in [0.4, 0.5) is 52.7 Å². The van der Waals surface area contributed by atoms with Crippen LogP contribution in [0.3, 0.4) is 0 Å². The van der Waals surface area contributed by atoms with Gasteiger partial charge in [0.2, 0.25) is 0 Å². The Bertz CT molecular complexity index is 974. The number of halogens is 12. The molecular formula is C15H5F12N4NiO4S2. The van der Waals surface area contributed by atoms with Gasteiger partial charge in [0.05, 0.1) is 0 Å². The van der Waals surface area contributed by atoms with Crippen LogP contribution in [0.1, 0.15) is 5.82 Å². The van der Waals surface area contributed by atoms with Crippen molar-refractivity contribution in [1.29, 1.82) is 0 Å². The quantitative estimate of drug-likeness (QED) is 0.120.